The topological polar surface area (TPSA) is 87.7 Å². The molecule has 0 spiro atoms. The average Bonchev–Trinajstić information content (AvgIpc) is 2.85. The largest absolute Gasteiger partial charge is 0.497 e. The first-order valence-electron chi connectivity index (χ1n) is 10.9. The van der Waals surface area contributed by atoms with E-state index in [1.54, 1.807) is 33.5 Å². The van der Waals surface area contributed by atoms with Crippen molar-refractivity contribution in [2.75, 3.05) is 78.2 Å². The number of nitrogens with one attached hydrogen (secondary N) is 2. The number of hydrogen-bond donors (Lipinski definition) is 2. The summed E-state index contributed by atoms with van der Waals surface area (Å²) in [5.74, 6) is 2.40. The van der Waals surface area contributed by atoms with Crippen LogP contribution in [0.3, 0.4) is 0 Å². The number of ether oxygens (including phenoxy) is 2. The van der Waals surface area contributed by atoms with Crippen molar-refractivity contribution < 1.29 is 9.47 Å². The second kappa shape index (κ2) is 10.4. The van der Waals surface area contributed by atoms with Crippen LogP contribution < -0.4 is 20.1 Å². The highest BCUT2D eigenvalue weighted by Gasteiger charge is 2.18. The van der Waals surface area contributed by atoms with Crippen molar-refractivity contribution in [3.05, 3.63) is 29.4 Å². The van der Waals surface area contributed by atoms with Crippen LogP contribution in [0.15, 0.2) is 24.4 Å². The summed E-state index contributed by atoms with van der Waals surface area (Å²) < 4.78 is 10.9. The number of benzene rings is 1. The first-order valence-corrected chi connectivity index (χ1v) is 11.3. The maximum absolute atomic E-state index is 6.65. The molecule has 0 bridgehead atoms. The van der Waals surface area contributed by atoms with Crippen molar-refractivity contribution >= 4 is 34.3 Å². The van der Waals surface area contributed by atoms with Crippen LogP contribution in [0, 0.1) is 0 Å². The molecule has 1 aliphatic rings. The third-order valence-electron chi connectivity index (χ3n) is 5.85. The van der Waals surface area contributed by atoms with E-state index in [0.717, 1.165) is 55.7 Å². The summed E-state index contributed by atoms with van der Waals surface area (Å²) in [7, 11) is 7.15. The number of anilines is 2. The minimum absolute atomic E-state index is 0.473. The smallest absolute Gasteiger partial charge is 0.223 e. The fourth-order valence-corrected chi connectivity index (χ4v) is 4.13. The molecule has 0 saturated carbocycles. The predicted octanol–water partition coefficient (Wildman–Crippen LogP) is 3.06. The molecular formula is C23H30ClN7O2. The Morgan fingerprint density at radius 2 is 1.85 bits per heavy atom. The lowest BCUT2D eigenvalue weighted by atomic mass is 10.1. The molecular weight excluding hydrogens is 442 g/mol. The van der Waals surface area contributed by atoms with Gasteiger partial charge in [0, 0.05) is 69.5 Å². The number of rotatable bonds is 8. The minimum atomic E-state index is 0.473. The van der Waals surface area contributed by atoms with Gasteiger partial charge in [0.25, 0.3) is 0 Å². The van der Waals surface area contributed by atoms with Crippen LogP contribution in [0.25, 0.3) is 22.2 Å². The van der Waals surface area contributed by atoms with Crippen LogP contribution in [0.5, 0.6) is 11.5 Å². The Balaban J connectivity index is 1.69. The molecule has 4 rings (SSSR count). The zero-order valence-electron chi connectivity index (χ0n) is 19.5. The number of methoxy groups -OCH3 is 2. The Labute approximate surface area is 199 Å². The van der Waals surface area contributed by atoms with Gasteiger partial charge < -0.3 is 25.0 Å². The van der Waals surface area contributed by atoms with E-state index < -0.39 is 0 Å². The molecule has 0 amide bonds. The normalized spacial score (nSPS) is 14.9. The Bertz CT molecular complexity index is 1120. The number of halogens is 1. The van der Waals surface area contributed by atoms with E-state index in [4.69, 9.17) is 26.1 Å². The monoisotopic (exact) mass is 471 g/mol. The van der Waals surface area contributed by atoms with Gasteiger partial charge in [-0.25, -0.2) is 15.0 Å². The summed E-state index contributed by atoms with van der Waals surface area (Å²) in [4.78, 5) is 18.7. The van der Waals surface area contributed by atoms with Crippen molar-refractivity contribution in [2.45, 2.75) is 0 Å². The number of aromatic nitrogens is 3. The fourth-order valence-electron chi connectivity index (χ4n) is 3.85. The van der Waals surface area contributed by atoms with E-state index in [0.29, 0.717) is 34.0 Å². The van der Waals surface area contributed by atoms with Crippen molar-refractivity contribution in [2.24, 2.45) is 0 Å². The van der Waals surface area contributed by atoms with Gasteiger partial charge in [0.1, 0.15) is 17.0 Å². The molecule has 2 aromatic heterocycles. The first kappa shape index (κ1) is 23.3. The van der Waals surface area contributed by atoms with Gasteiger partial charge in [-0.3, -0.25) is 4.90 Å². The van der Waals surface area contributed by atoms with Gasteiger partial charge in [-0.05, 0) is 19.2 Å². The molecule has 0 unspecified atom stereocenters. The fraction of sp³-hybridized carbons (Fsp3) is 0.435. The predicted molar refractivity (Wildman–Crippen MR) is 133 cm³/mol. The van der Waals surface area contributed by atoms with Gasteiger partial charge in [-0.15, -0.1) is 0 Å². The van der Waals surface area contributed by atoms with Gasteiger partial charge in [0.15, 0.2) is 5.82 Å². The lowest BCUT2D eigenvalue weighted by Gasteiger charge is -2.32. The molecule has 1 aliphatic heterocycles. The summed E-state index contributed by atoms with van der Waals surface area (Å²) in [6.07, 6.45) is 1.79. The Kier molecular flexibility index (Phi) is 7.32. The van der Waals surface area contributed by atoms with Crippen molar-refractivity contribution in [3.8, 4) is 22.8 Å². The van der Waals surface area contributed by atoms with E-state index in [1.807, 2.05) is 12.1 Å². The van der Waals surface area contributed by atoms with Crippen molar-refractivity contribution in [1.82, 2.24) is 24.8 Å². The number of piperazine rings is 1. The number of nitrogens with zero attached hydrogens (tertiary/aromatic N) is 5. The molecule has 3 heterocycles. The second-order valence-electron chi connectivity index (χ2n) is 8.00. The van der Waals surface area contributed by atoms with Gasteiger partial charge in [-0.1, -0.05) is 11.6 Å². The molecule has 1 fully saturated rings. The Morgan fingerprint density at radius 3 is 2.55 bits per heavy atom. The number of likely N-dealkylation sites (N-methyl/N-ethyl adjacent to an activating group) is 1. The molecule has 33 heavy (non-hydrogen) atoms. The molecule has 1 aromatic carbocycles. The third-order valence-corrected chi connectivity index (χ3v) is 6.24. The van der Waals surface area contributed by atoms with E-state index in [1.165, 1.54) is 0 Å². The van der Waals surface area contributed by atoms with Crippen molar-refractivity contribution in [3.63, 3.8) is 0 Å². The molecule has 10 heteroatoms. The molecule has 2 N–H and O–H groups in total. The standard InChI is InChI=1S/C23H30ClN7O2/c1-25-23-27-14-15-11-18(17-12-16(32-3)13-19(33-4)20(17)24)28-22(21(15)29-23)26-5-6-31-9-7-30(2)8-10-31/h11-14H,5-10H2,1-4H3,(H,26,28)(H,25,27,29). The van der Waals surface area contributed by atoms with Gasteiger partial charge in [-0.2, -0.15) is 0 Å². The maximum atomic E-state index is 6.65. The summed E-state index contributed by atoms with van der Waals surface area (Å²) in [5, 5.41) is 7.83. The molecule has 176 valence electrons. The summed E-state index contributed by atoms with van der Waals surface area (Å²) in [5.41, 5.74) is 2.16. The second-order valence-corrected chi connectivity index (χ2v) is 8.38. The highest BCUT2D eigenvalue weighted by atomic mass is 35.5. The molecule has 1 saturated heterocycles. The van der Waals surface area contributed by atoms with Gasteiger partial charge in [0.2, 0.25) is 5.95 Å². The van der Waals surface area contributed by atoms with Crippen LogP contribution in [0.4, 0.5) is 11.8 Å². The Morgan fingerprint density at radius 1 is 1.06 bits per heavy atom. The summed E-state index contributed by atoms with van der Waals surface area (Å²) in [6, 6.07) is 5.54. The molecule has 3 aromatic rings. The van der Waals surface area contributed by atoms with Crippen LogP contribution >= 0.6 is 11.6 Å². The number of fused-ring (bicyclic) bond motifs is 1. The third kappa shape index (κ3) is 5.21. The van der Waals surface area contributed by atoms with Crippen LogP contribution in [-0.4, -0.2) is 92.3 Å². The van der Waals surface area contributed by atoms with E-state index in [2.05, 4.69) is 37.4 Å². The SMILES string of the molecule is CNc1ncc2cc(-c3cc(OC)cc(OC)c3Cl)nc(NCCN3CCN(C)CC3)c2n1. The van der Waals surface area contributed by atoms with Crippen LogP contribution in [0.2, 0.25) is 5.02 Å². The van der Waals surface area contributed by atoms with Crippen LogP contribution in [-0.2, 0) is 0 Å². The van der Waals surface area contributed by atoms with E-state index in [-0.39, 0.29) is 0 Å². The van der Waals surface area contributed by atoms with Gasteiger partial charge >= 0.3 is 0 Å². The van der Waals surface area contributed by atoms with Crippen molar-refractivity contribution in [1.29, 1.82) is 0 Å². The number of hydrogen-bond acceptors (Lipinski definition) is 9. The average molecular weight is 472 g/mol. The highest BCUT2D eigenvalue weighted by molar-refractivity contribution is 6.34. The van der Waals surface area contributed by atoms with E-state index >= 15 is 0 Å². The Hall–Kier alpha value is -2.88. The molecule has 0 atom stereocenters. The number of pyridine rings is 1. The molecule has 0 aliphatic carbocycles. The van der Waals surface area contributed by atoms with E-state index in [9.17, 15) is 0 Å². The zero-order valence-corrected chi connectivity index (χ0v) is 20.2. The molecule has 0 radical (unpaired) electrons. The highest BCUT2D eigenvalue weighted by Crippen LogP contribution is 2.39. The maximum Gasteiger partial charge on any atom is 0.223 e. The lowest BCUT2D eigenvalue weighted by molar-refractivity contribution is 0.158. The van der Waals surface area contributed by atoms with Crippen LogP contribution in [0.1, 0.15) is 0 Å². The first-order chi connectivity index (χ1) is 16.0. The molecule has 9 nitrogen and oxygen atoms in total. The zero-order chi connectivity index (χ0) is 23.4. The quantitative estimate of drug-likeness (QED) is 0.514. The minimum Gasteiger partial charge on any atom is -0.497 e. The summed E-state index contributed by atoms with van der Waals surface area (Å²) >= 11 is 6.65. The summed E-state index contributed by atoms with van der Waals surface area (Å²) in [6.45, 7) is 5.99. The lowest BCUT2D eigenvalue weighted by Crippen LogP contribution is -2.45. The van der Waals surface area contributed by atoms with Gasteiger partial charge in [0.05, 0.1) is 24.9 Å².